The Balaban J connectivity index is 1.43. The minimum Gasteiger partial charge on any atom is -0.465 e. The van der Waals surface area contributed by atoms with Crippen LogP contribution in [0.2, 0.25) is 0 Å². The van der Waals surface area contributed by atoms with Crippen LogP contribution in [0.4, 0.5) is 0 Å². The average molecular weight is 578 g/mol. The van der Waals surface area contributed by atoms with Gasteiger partial charge < -0.3 is 24.2 Å². The Bertz CT molecular complexity index is 1350. The zero-order valence-corrected chi connectivity index (χ0v) is 24.2. The fraction of sp³-hybridized carbons (Fsp3) is 0.455. The molecule has 3 aromatic rings. The monoisotopic (exact) mass is 577 g/mol. The first-order valence-electron chi connectivity index (χ1n) is 14.6. The molecular weight excluding hydrogens is 538 g/mol. The van der Waals surface area contributed by atoms with Gasteiger partial charge in [0.1, 0.15) is 12.7 Å². The number of benzene rings is 3. The van der Waals surface area contributed by atoms with Crippen molar-refractivity contribution in [3.63, 3.8) is 0 Å². The van der Waals surface area contributed by atoms with Crippen LogP contribution in [-0.2, 0) is 33.4 Å². The molecule has 1 fully saturated rings. The summed E-state index contributed by atoms with van der Waals surface area (Å²) < 4.78 is 15.9. The Kier molecular flexibility index (Phi) is 11.4. The summed E-state index contributed by atoms with van der Waals surface area (Å²) in [6.45, 7) is 4.45. The number of nitrogens with zero attached hydrogens (tertiary/aromatic N) is 1. The number of carbonyl (C=O) groups excluding carboxylic acids is 3. The Morgan fingerprint density at radius 1 is 0.952 bits per heavy atom. The minimum atomic E-state index is -0.720. The highest BCUT2D eigenvalue weighted by Crippen LogP contribution is 2.28. The van der Waals surface area contributed by atoms with E-state index in [1.165, 1.54) is 0 Å². The van der Waals surface area contributed by atoms with Gasteiger partial charge in [-0.05, 0) is 59.7 Å². The molecule has 4 unspecified atom stereocenters. The molecule has 0 spiro atoms. The van der Waals surface area contributed by atoms with E-state index in [9.17, 15) is 14.4 Å². The smallest absolute Gasteiger partial charge is 0.337 e. The molecule has 9 heteroatoms. The van der Waals surface area contributed by atoms with Crippen LogP contribution in [0.3, 0.4) is 0 Å². The van der Waals surface area contributed by atoms with Gasteiger partial charge in [-0.1, -0.05) is 67.5 Å². The maximum atomic E-state index is 13.0. The Labute approximate surface area is 245 Å². The summed E-state index contributed by atoms with van der Waals surface area (Å²) in [5.41, 5.74) is 0.842. The third kappa shape index (κ3) is 8.59. The van der Waals surface area contributed by atoms with E-state index >= 15 is 0 Å². The zero-order chi connectivity index (χ0) is 29.9. The topological polar surface area (TPSA) is 124 Å². The van der Waals surface area contributed by atoms with E-state index in [1.54, 1.807) is 13.1 Å². The summed E-state index contributed by atoms with van der Waals surface area (Å²) in [7, 11) is 0. The number of aliphatic hydroxyl groups is 1. The quantitative estimate of drug-likeness (QED) is 0.0469. The molecule has 4 atom stereocenters. The Hall–Kier alpha value is -3.82. The maximum absolute atomic E-state index is 13.0. The molecule has 0 bridgehead atoms. The lowest BCUT2D eigenvalue weighted by Gasteiger charge is -2.22. The van der Waals surface area contributed by atoms with Gasteiger partial charge in [-0.2, -0.15) is 0 Å². The number of epoxide rings is 1. The van der Waals surface area contributed by atoms with Gasteiger partial charge >= 0.3 is 17.9 Å². The number of oxime groups is 1. The number of esters is 2. The second-order valence-electron chi connectivity index (χ2n) is 10.7. The molecule has 1 aliphatic heterocycles. The number of hydrogen-bond donors (Lipinski definition) is 1. The predicted octanol–water partition coefficient (Wildman–Crippen LogP) is 5.19. The number of unbranched alkanes of at least 4 members (excludes halogenated alkanes) is 1. The van der Waals surface area contributed by atoms with Gasteiger partial charge in [0.15, 0.2) is 0 Å². The van der Waals surface area contributed by atoms with Crippen molar-refractivity contribution in [2.24, 2.45) is 22.9 Å². The highest BCUT2D eigenvalue weighted by Gasteiger charge is 2.33. The summed E-state index contributed by atoms with van der Waals surface area (Å²) in [5, 5.41) is 17.1. The van der Waals surface area contributed by atoms with E-state index < -0.39 is 35.7 Å². The number of fused-ring (bicyclic) bond motifs is 2. The Morgan fingerprint density at radius 3 is 2.21 bits per heavy atom. The van der Waals surface area contributed by atoms with Crippen LogP contribution in [0.15, 0.2) is 59.8 Å². The summed E-state index contributed by atoms with van der Waals surface area (Å²) >= 11 is 0. The SMILES string of the molecule is CCC(CC(CC(C)C(=O)ON=Cc1c2ccccc2cc2ccccc12)C(=O)OCCCCO)C(=O)OCC1CO1. The lowest BCUT2D eigenvalue weighted by atomic mass is 9.86. The summed E-state index contributed by atoms with van der Waals surface area (Å²) in [5.74, 6) is -3.41. The van der Waals surface area contributed by atoms with E-state index in [0.717, 1.165) is 27.1 Å². The van der Waals surface area contributed by atoms with Gasteiger partial charge in [0.2, 0.25) is 0 Å². The van der Waals surface area contributed by atoms with Gasteiger partial charge in [0.25, 0.3) is 0 Å². The van der Waals surface area contributed by atoms with E-state index in [4.69, 9.17) is 24.2 Å². The molecule has 3 aromatic carbocycles. The van der Waals surface area contributed by atoms with Crippen molar-refractivity contribution in [3.8, 4) is 0 Å². The van der Waals surface area contributed by atoms with Crippen molar-refractivity contribution >= 4 is 45.7 Å². The molecule has 0 radical (unpaired) electrons. The second-order valence-corrected chi connectivity index (χ2v) is 10.7. The molecule has 4 rings (SSSR count). The number of rotatable bonds is 16. The highest BCUT2D eigenvalue weighted by atomic mass is 16.7. The molecule has 9 nitrogen and oxygen atoms in total. The Morgan fingerprint density at radius 2 is 1.60 bits per heavy atom. The summed E-state index contributed by atoms with van der Waals surface area (Å²) in [4.78, 5) is 44.0. The summed E-state index contributed by atoms with van der Waals surface area (Å²) in [6, 6.07) is 18.0. The van der Waals surface area contributed by atoms with Gasteiger partial charge in [0, 0.05) is 12.2 Å². The molecule has 0 amide bonds. The molecule has 1 heterocycles. The van der Waals surface area contributed by atoms with Gasteiger partial charge in [0.05, 0.1) is 37.2 Å². The standard InChI is InChI=1S/C33H39NO8/c1-3-23(32(37)41-21-27-20-40-27)17-26(33(38)39-15-9-8-14-35)16-22(2)31(36)42-34-19-30-28-12-6-4-10-24(28)18-25-11-5-7-13-29(25)30/h4-7,10-13,18-19,22-23,26-27,35H,3,8-9,14-17,20-21H2,1-2H3. The van der Waals surface area contributed by atoms with Crippen LogP contribution in [-0.4, -0.2) is 61.8 Å². The van der Waals surface area contributed by atoms with Gasteiger partial charge in [-0.15, -0.1) is 0 Å². The van der Waals surface area contributed by atoms with E-state index in [2.05, 4.69) is 11.2 Å². The summed E-state index contributed by atoms with van der Waals surface area (Å²) in [6.07, 6.45) is 3.31. The van der Waals surface area contributed by atoms with Crippen molar-refractivity contribution in [1.29, 1.82) is 0 Å². The van der Waals surface area contributed by atoms with E-state index in [-0.39, 0.29) is 38.8 Å². The van der Waals surface area contributed by atoms with Crippen molar-refractivity contribution in [2.75, 3.05) is 26.4 Å². The number of aliphatic hydroxyl groups excluding tert-OH is 1. The molecule has 0 aromatic heterocycles. The predicted molar refractivity (Wildman–Crippen MR) is 159 cm³/mol. The molecule has 1 aliphatic rings. The normalized spacial score (nSPS) is 16.7. The molecule has 1 N–H and O–H groups in total. The van der Waals surface area contributed by atoms with Crippen LogP contribution >= 0.6 is 0 Å². The number of ether oxygens (including phenoxy) is 3. The first kappa shape index (κ1) is 31.1. The van der Waals surface area contributed by atoms with Crippen LogP contribution < -0.4 is 0 Å². The van der Waals surface area contributed by atoms with Gasteiger partial charge in [-0.25, -0.2) is 4.79 Å². The van der Waals surface area contributed by atoms with Crippen molar-refractivity contribution in [3.05, 3.63) is 60.2 Å². The second kappa shape index (κ2) is 15.4. The first-order valence-corrected chi connectivity index (χ1v) is 14.6. The fourth-order valence-electron chi connectivity index (χ4n) is 4.96. The number of carbonyl (C=O) groups is 3. The molecule has 224 valence electrons. The van der Waals surface area contributed by atoms with Crippen molar-refractivity contribution in [1.82, 2.24) is 0 Å². The molecule has 1 saturated heterocycles. The fourth-order valence-corrected chi connectivity index (χ4v) is 4.96. The first-order chi connectivity index (χ1) is 20.4. The zero-order valence-electron chi connectivity index (χ0n) is 24.2. The van der Waals surface area contributed by atoms with Crippen LogP contribution in [0.25, 0.3) is 21.5 Å². The van der Waals surface area contributed by atoms with Gasteiger partial charge in [-0.3, -0.25) is 9.59 Å². The molecular formula is C33H39NO8. The van der Waals surface area contributed by atoms with Crippen LogP contribution in [0.5, 0.6) is 0 Å². The highest BCUT2D eigenvalue weighted by molar-refractivity contribution is 6.13. The molecule has 0 saturated carbocycles. The minimum absolute atomic E-state index is 0.00734. The maximum Gasteiger partial charge on any atom is 0.337 e. The molecule has 0 aliphatic carbocycles. The molecule has 42 heavy (non-hydrogen) atoms. The van der Waals surface area contributed by atoms with E-state index in [1.807, 2.05) is 55.5 Å². The largest absolute Gasteiger partial charge is 0.465 e. The van der Waals surface area contributed by atoms with E-state index in [0.29, 0.717) is 25.9 Å². The number of hydrogen-bond acceptors (Lipinski definition) is 9. The lowest BCUT2D eigenvalue weighted by Crippen LogP contribution is -2.29. The lowest BCUT2D eigenvalue weighted by molar-refractivity contribution is -0.155. The van der Waals surface area contributed by atoms with Crippen molar-refractivity contribution in [2.45, 2.75) is 52.1 Å². The van der Waals surface area contributed by atoms with Crippen LogP contribution in [0.1, 0.15) is 51.5 Å². The average Bonchev–Trinajstić information content (AvgIpc) is 3.84. The third-order valence-electron chi connectivity index (χ3n) is 7.52. The van der Waals surface area contributed by atoms with Crippen LogP contribution in [0, 0.1) is 17.8 Å². The third-order valence-corrected chi connectivity index (χ3v) is 7.52. The van der Waals surface area contributed by atoms with Crippen molar-refractivity contribution < 1.29 is 38.5 Å².